The van der Waals surface area contributed by atoms with E-state index in [1.807, 2.05) is 7.05 Å². The van der Waals surface area contributed by atoms with Gasteiger partial charge in [0, 0.05) is 0 Å². The van der Waals surface area contributed by atoms with Crippen molar-refractivity contribution in [2.24, 2.45) is 17.6 Å². The molecule has 3 aliphatic carbocycles. The van der Waals surface area contributed by atoms with Gasteiger partial charge in [0.05, 0.1) is 0 Å². The molecule has 0 aromatic carbocycles. The summed E-state index contributed by atoms with van der Waals surface area (Å²) in [4.78, 5) is 11.5. The molecule has 3 rings (SSSR count). The molecule has 0 heterocycles. The molecule has 1 amide bonds. The van der Waals surface area contributed by atoms with E-state index >= 15 is 0 Å². The molecule has 0 aromatic rings. The van der Waals surface area contributed by atoms with Crippen LogP contribution in [0, 0.1) is 11.8 Å². The second-order valence-corrected chi connectivity index (χ2v) is 4.51. The molecule has 3 fully saturated rings. The second-order valence-electron chi connectivity index (χ2n) is 4.51. The molecule has 2 bridgehead atoms. The van der Waals surface area contributed by atoms with E-state index in [4.69, 9.17) is 5.73 Å². The molecule has 1 unspecified atom stereocenters. The lowest BCUT2D eigenvalue weighted by Crippen LogP contribution is -2.63. The summed E-state index contributed by atoms with van der Waals surface area (Å²) >= 11 is 0. The van der Waals surface area contributed by atoms with Gasteiger partial charge in [-0.1, -0.05) is 12.8 Å². The molecule has 13 heavy (non-hydrogen) atoms. The minimum atomic E-state index is -0.374. The summed E-state index contributed by atoms with van der Waals surface area (Å²) in [6, 6.07) is 0. The van der Waals surface area contributed by atoms with Crippen molar-refractivity contribution in [2.75, 3.05) is 7.05 Å². The molecular weight excluding hydrogens is 164 g/mol. The number of rotatable bonds is 2. The lowest BCUT2D eigenvalue weighted by Gasteiger charge is -2.49. The molecule has 0 saturated heterocycles. The van der Waals surface area contributed by atoms with Gasteiger partial charge in [0.2, 0.25) is 5.91 Å². The number of hydrogen-bond acceptors (Lipinski definition) is 2. The summed E-state index contributed by atoms with van der Waals surface area (Å²) in [5, 5.41) is 3.17. The molecule has 3 N–H and O–H groups in total. The van der Waals surface area contributed by atoms with Gasteiger partial charge in [-0.25, -0.2) is 0 Å². The molecule has 3 aliphatic rings. The fourth-order valence-electron chi connectivity index (χ4n) is 3.21. The molecule has 3 heteroatoms. The third-order valence-corrected chi connectivity index (χ3v) is 4.04. The van der Waals surface area contributed by atoms with E-state index in [9.17, 15) is 4.79 Å². The molecule has 0 aliphatic heterocycles. The normalized spacial score (nSPS) is 43.5. The van der Waals surface area contributed by atoms with Gasteiger partial charge in [0.25, 0.3) is 0 Å². The van der Waals surface area contributed by atoms with E-state index < -0.39 is 0 Å². The van der Waals surface area contributed by atoms with Crippen molar-refractivity contribution in [2.45, 2.75) is 37.6 Å². The van der Waals surface area contributed by atoms with Gasteiger partial charge >= 0.3 is 0 Å². The molecule has 3 nitrogen and oxygen atoms in total. The first-order valence-corrected chi connectivity index (χ1v) is 5.18. The number of carbonyl (C=O) groups excluding carboxylic acids is 1. The number of nitrogens with two attached hydrogens (primary N) is 1. The number of amides is 1. The van der Waals surface area contributed by atoms with E-state index in [0.29, 0.717) is 5.92 Å². The Hall–Kier alpha value is -0.570. The second kappa shape index (κ2) is 2.98. The summed E-state index contributed by atoms with van der Waals surface area (Å²) in [6.45, 7) is 0. The Morgan fingerprint density at radius 3 is 2.23 bits per heavy atom. The fourth-order valence-corrected chi connectivity index (χ4v) is 3.21. The monoisotopic (exact) mass is 182 g/mol. The van der Waals surface area contributed by atoms with Crippen molar-refractivity contribution in [3.05, 3.63) is 0 Å². The van der Waals surface area contributed by atoms with Crippen LogP contribution in [0.4, 0.5) is 0 Å². The van der Waals surface area contributed by atoms with Crippen LogP contribution in [0.5, 0.6) is 0 Å². The maximum Gasteiger partial charge on any atom is 0.238 e. The zero-order valence-corrected chi connectivity index (χ0v) is 8.18. The van der Waals surface area contributed by atoms with Crippen LogP contribution in [0.15, 0.2) is 0 Å². The van der Waals surface area contributed by atoms with Crippen LogP contribution in [0.3, 0.4) is 0 Å². The standard InChI is InChI=1S/C10H18N2O/c1-12-10(9(11)13)6-7-2-4-8(10)5-3-7/h7-8,12H,2-6H2,1H3,(H2,11,13). The summed E-state index contributed by atoms with van der Waals surface area (Å²) in [5.74, 6) is 1.06. The lowest BCUT2D eigenvalue weighted by molar-refractivity contribution is -0.131. The van der Waals surface area contributed by atoms with Gasteiger partial charge in [-0.15, -0.1) is 0 Å². The number of fused-ring (bicyclic) bond motifs is 3. The molecule has 0 radical (unpaired) electrons. The largest absolute Gasteiger partial charge is 0.368 e. The van der Waals surface area contributed by atoms with E-state index in [1.54, 1.807) is 0 Å². The third kappa shape index (κ3) is 1.17. The number of primary amides is 1. The summed E-state index contributed by atoms with van der Waals surface area (Å²) in [7, 11) is 1.87. The van der Waals surface area contributed by atoms with Crippen LogP contribution in [0.1, 0.15) is 32.1 Å². The number of hydrogen-bond donors (Lipinski definition) is 2. The highest BCUT2D eigenvalue weighted by Crippen LogP contribution is 2.46. The van der Waals surface area contributed by atoms with E-state index in [-0.39, 0.29) is 11.4 Å². The summed E-state index contributed by atoms with van der Waals surface area (Å²) < 4.78 is 0. The minimum absolute atomic E-state index is 0.149. The van der Waals surface area contributed by atoms with Crippen LogP contribution in [-0.2, 0) is 4.79 Å². The Morgan fingerprint density at radius 1 is 1.38 bits per heavy atom. The van der Waals surface area contributed by atoms with E-state index in [0.717, 1.165) is 12.3 Å². The molecule has 0 aromatic heterocycles. The van der Waals surface area contributed by atoms with Crippen molar-refractivity contribution in [3.63, 3.8) is 0 Å². The smallest absolute Gasteiger partial charge is 0.238 e. The van der Waals surface area contributed by atoms with Crippen molar-refractivity contribution in [1.82, 2.24) is 5.32 Å². The molecular formula is C10H18N2O. The zero-order valence-electron chi connectivity index (χ0n) is 8.18. The van der Waals surface area contributed by atoms with Crippen molar-refractivity contribution in [1.29, 1.82) is 0 Å². The first kappa shape index (κ1) is 9.00. The number of likely N-dealkylation sites (N-methyl/N-ethyl adjacent to an activating group) is 1. The minimum Gasteiger partial charge on any atom is -0.368 e. The fraction of sp³-hybridized carbons (Fsp3) is 0.900. The maximum atomic E-state index is 11.5. The van der Waals surface area contributed by atoms with Crippen molar-refractivity contribution in [3.8, 4) is 0 Å². The van der Waals surface area contributed by atoms with Crippen LogP contribution in [0.2, 0.25) is 0 Å². The van der Waals surface area contributed by atoms with E-state index in [2.05, 4.69) is 5.32 Å². The predicted molar refractivity (Wildman–Crippen MR) is 51.1 cm³/mol. The zero-order chi connectivity index (χ0) is 9.47. The SMILES string of the molecule is CNC1(C(N)=O)CC2CCC1CC2. The topological polar surface area (TPSA) is 55.1 Å². The van der Waals surface area contributed by atoms with Gasteiger partial charge in [-0.3, -0.25) is 4.79 Å². The average Bonchev–Trinajstić information content (AvgIpc) is 2.19. The molecule has 3 saturated carbocycles. The molecule has 0 spiro atoms. The first-order chi connectivity index (χ1) is 6.19. The maximum absolute atomic E-state index is 11.5. The Labute approximate surface area is 79.1 Å². The molecule has 74 valence electrons. The van der Waals surface area contributed by atoms with E-state index in [1.165, 1.54) is 25.7 Å². The Kier molecular flexibility index (Phi) is 2.06. The van der Waals surface area contributed by atoms with Crippen LogP contribution >= 0.6 is 0 Å². The quantitative estimate of drug-likeness (QED) is 0.658. The lowest BCUT2D eigenvalue weighted by atomic mass is 9.60. The Balaban J connectivity index is 2.25. The Bertz CT molecular complexity index is 221. The highest BCUT2D eigenvalue weighted by molar-refractivity contribution is 5.85. The average molecular weight is 182 g/mol. The predicted octanol–water partition coefficient (Wildman–Crippen LogP) is 0.640. The van der Waals surface area contributed by atoms with Crippen LogP contribution in [0.25, 0.3) is 0 Å². The summed E-state index contributed by atoms with van der Waals surface area (Å²) in [5.41, 5.74) is 5.12. The highest BCUT2D eigenvalue weighted by Gasteiger charge is 2.50. The molecule has 1 atom stereocenters. The highest BCUT2D eigenvalue weighted by atomic mass is 16.1. The van der Waals surface area contributed by atoms with Gasteiger partial charge < -0.3 is 11.1 Å². The van der Waals surface area contributed by atoms with Crippen molar-refractivity contribution < 1.29 is 4.79 Å². The number of carbonyl (C=O) groups is 1. The van der Waals surface area contributed by atoms with Gasteiger partial charge in [-0.2, -0.15) is 0 Å². The van der Waals surface area contributed by atoms with Gasteiger partial charge in [0.1, 0.15) is 5.54 Å². The van der Waals surface area contributed by atoms with Gasteiger partial charge in [0.15, 0.2) is 0 Å². The third-order valence-electron chi connectivity index (χ3n) is 4.04. The van der Waals surface area contributed by atoms with Crippen LogP contribution < -0.4 is 11.1 Å². The van der Waals surface area contributed by atoms with Gasteiger partial charge in [-0.05, 0) is 38.1 Å². The Morgan fingerprint density at radius 2 is 2.00 bits per heavy atom. The summed E-state index contributed by atoms with van der Waals surface area (Å²) in [6.07, 6.45) is 5.90. The van der Waals surface area contributed by atoms with Crippen molar-refractivity contribution >= 4 is 5.91 Å². The number of nitrogens with one attached hydrogen (secondary N) is 1. The first-order valence-electron chi connectivity index (χ1n) is 5.18. The van der Waals surface area contributed by atoms with Crippen LogP contribution in [-0.4, -0.2) is 18.5 Å².